The molecule has 4 heterocycles. The largest absolute Gasteiger partial charge is 0.497 e. The quantitative estimate of drug-likeness (QED) is 0.506. The van der Waals surface area contributed by atoms with Gasteiger partial charge in [-0.1, -0.05) is 6.07 Å². The van der Waals surface area contributed by atoms with Gasteiger partial charge in [0.25, 0.3) is 11.8 Å². The van der Waals surface area contributed by atoms with Crippen molar-refractivity contribution in [1.82, 2.24) is 14.9 Å². The molecule has 0 spiro atoms. The molecule has 0 unspecified atom stereocenters. The summed E-state index contributed by atoms with van der Waals surface area (Å²) < 4.78 is 10.7. The van der Waals surface area contributed by atoms with Crippen LogP contribution in [0, 0.1) is 0 Å². The van der Waals surface area contributed by atoms with E-state index in [1.165, 1.54) is 11.3 Å². The van der Waals surface area contributed by atoms with E-state index in [0.717, 1.165) is 11.3 Å². The number of aromatic nitrogens is 2. The molecule has 0 aliphatic carbocycles. The molecule has 39 heavy (non-hydrogen) atoms. The van der Waals surface area contributed by atoms with Gasteiger partial charge in [0.05, 0.1) is 31.2 Å². The monoisotopic (exact) mass is 550 g/mol. The molecule has 0 radical (unpaired) electrons. The lowest BCUT2D eigenvalue weighted by atomic mass is 10.1. The lowest BCUT2D eigenvalue weighted by molar-refractivity contribution is 0.0240. The molecule has 1 saturated heterocycles. The van der Waals surface area contributed by atoms with Crippen molar-refractivity contribution in [1.29, 1.82) is 0 Å². The summed E-state index contributed by atoms with van der Waals surface area (Å²) in [6.45, 7) is 8.07. The molecule has 5 rings (SSSR count). The van der Waals surface area contributed by atoms with Gasteiger partial charge in [-0.05, 0) is 44.5 Å². The molecule has 204 valence electrons. The summed E-state index contributed by atoms with van der Waals surface area (Å²) in [7, 11) is 1.56. The van der Waals surface area contributed by atoms with Gasteiger partial charge in [-0.25, -0.2) is 9.78 Å². The third-order valence-corrected chi connectivity index (χ3v) is 7.23. The number of anilines is 3. The highest BCUT2D eigenvalue weighted by Crippen LogP contribution is 2.32. The van der Waals surface area contributed by atoms with Crippen molar-refractivity contribution < 1.29 is 23.9 Å². The predicted molar refractivity (Wildman–Crippen MR) is 148 cm³/mol. The van der Waals surface area contributed by atoms with E-state index < -0.39 is 11.5 Å². The Labute approximate surface area is 230 Å². The Bertz CT molecular complexity index is 1410. The van der Waals surface area contributed by atoms with Crippen LogP contribution in [0.3, 0.4) is 0 Å². The van der Waals surface area contributed by atoms with E-state index in [-0.39, 0.29) is 17.0 Å². The van der Waals surface area contributed by atoms with Gasteiger partial charge in [-0.2, -0.15) is 0 Å². The molecule has 1 aromatic carbocycles. The Kier molecular flexibility index (Phi) is 7.13. The molecule has 0 bridgehead atoms. The summed E-state index contributed by atoms with van der Waals surface area (Å²) in [5.74, 6) is 0.468. The van der Waals surface area contributed by atoms with Gasteiger partial charge in [-0.15, -0.1) is 11.3 Å². The average Bonchev–Trinajstić information content (AvgIpc) is 3.53. The molecule has 0 atom stereocenters. The van der Waals surface area contributed by atoms with Gasteiger partial charge < -0.3 is 24.6 Å². The first-order chi connectivity index (χ1) is 18.6. The van der Waals surface area contributed by atoms with Crippen LogP contribution in [-0.4, -0.2) is 71.7 Å². The fourth-order valence-electron chi connectivity index (χ4n) is 4.48. The highest BCUT2D eigenvalue weighted by atomic mass is 32.1. The van der Waals surface area contributed by atoms with Crippen molar-refractivity contribution >= 4 is 46.4 Å². The van der Waals surface area contributed by atoms with Gasteiger partial charge in [0, 0.05) is 43.3 Å². The highest BCUT2D eigenvalue weighted by molar-refractivity contribution is 7.12. The van der Waals surface area contributed by atoms with Crippen LogP contribution in [0.1, 0.15) is 46.5 Å². The molecule has 2 aromatic heterocycles. The van der Waals surface area contributed by atoms with E-state index in [1.54, 1.807) is 40.7 Å². The standard InChI is InChI=1S/C27H30N6O5S/c1-27(2,3)38-26(36)32-11-9-31(10-12-32)21-7-8-28-14-20(21)29-23(34)24-30-22(16-39-24)33-15-17-5-6-18(37-4)13-19(17)25(33)35/h5-8,13-14,16H,9-12,15H2,1-4H3,(H,29,34). The number of carbonyl (C=O) groups is 3. The van der Waals surface area contributed by atoms with E-state index in [0.29, 0.717) is 55.5 Å². The Morgan fingerprint density at radius 2 is 1.87 bits per heavy atom. The first kappa shape index (κ1) is 26.4. The summed E-state index contributed by atoms with van der Waals surface area (Å²) in [4.78, 5) is 52.5. The molecule has 3 amide bonds. The van der Waals surface area contributed by atoms with E-state index >= 15 is 0 Å². The first-order valence-corrected chi connectivity index (χ1v) is 13.4. The summed E-state index contributed by atoms with van der Waals surface area (Å²) in [6.07, 6.45) is 2.93. The zero-order valence-corrected chi connectivity index (χ0v) is 23.1. The molecule has 12 heteroatoms. The molecule has 2 aliphatic heterocycles. The number of carbonyl (C=O) groups excluding carboxylic acids is 3. The Morgan fingerprint density at radius 3 is 2.59 bits per heavy atom. The van der Waals surface area contributed by atoms with Gasteiger partial charge >= 0.3 is 6.09 Å². The molecule has 1 fully saturated rings. The zero-order chi connectivity index (χ0) is 27.7. The Hall–Kier alpha value is -4.19. The highest BCUT2D eigenvalue weighted by Gasteiger charge is 2.31. The van der Waals surface area contributed by atoms with Crippen molar-refractivity contribution in [2.75, 3.05) is 48.4 Å². The molecule has 1 N–H and O–H groups in total. The average molecular weight is 551 g/mol. The minimum atomic E-state index is -0.550. The molecular formula is C27H30N6O5S. The van der Waals surface area contributed by atoms with Crippen LogP contribution in [-0.2, 0) is 11.3 Å². The van der Waals surface area contributed by atoms with Crippen LogP contribution in [0.15, 0.2) is 42.0 Å². The minimum Gasteiger partial charge on any atom is -0.497 e. The van der Waals surface area contributed by atoms with Gasteiger partial charge in [0.15, 0.2) is 5.01 Å². The summed E-state index contributed by atoms with van der Waals surface area (Å²) in [5, 5.41) is 4.85. The van der Waals surface area contributed by atoms with Crippen molar-refractivity contribution in [2.45, 2.75) is 32.9 Å². The maximum Gasteiger partial charge on any atom is 0.410 e. The maximum atomic E-state index is 13.1. The van der Waals surface area contributed by atoms with Crippen LogP contribution < -0.4 is 19.9 Å². The smallest absolute Gasteiger partial charge is 0.410 e. The maximum absolute atomic E-state index is 13.1. The molecule has 11 nitrogen and oxygen atoms in total. The van der Waals surface area contributed by atoms with Crippen molar-refractivity contribution in [3.63, 3.8) is 0 Å². The number of amides is 3. The second-order valence-corrected chi connectivity index (χ2v) is 11.1. The van der Waals surface area contributed by atoms with E-state index in [1.807, 2.05) is 39.0 Å². The predicted octanol–water partition coefficient (Wildman–Crippen LogP) is 4.02. The number of fused-ring (bicyclic) bond motifs is 1. The van der Waals surface area contributed by atoms with Crippen LogP contribution in [0.5, 0.6) is 5.75 Å². The SMILES string of the molecule is COc1ccc2c(c1)C(=O)N(c1csc(C(=O)Nc3cnccc3N3CCN(C(=O)OC(C)(C)C)CC3)n1)C2. The van der Waals surface area contributed by atoms with Crippen LogP contribution in [0.25, 0.3) is 0 Å². The van der Waals surface area contributed by atoms with Gasteiger partial charge in [0.2, 0.25) is 0 Å². The van der Waals surface area contributed by atoms with E-state index in [2.05, 4.69) is 20.2 Å². The normalized spacial score (nSPS) is 15.3. The molecule has 0 saturated carbocycles. The second kappa shape index (κ2) is 10.5. The summed E-state index contributed by atoms with van der Waals surface area (Å²) >= 11 is 1.17. The number of thiazole rings is 1. The van der Waals surface area contributed by atoms with Crippen molar-refractivity contribution in [2.24, 2.45) is 0 Å². The third kappa shape index (κ3) is 5.65. The first-order valence-electron chi connectivity index (χ1n) is 12.6. The number of benzene rings is 1. The fraction of sp³-hybridized carbons (Fsp3) is 0.370. The number of hydrogen-bond acceptors (Lipinski definition) is 9. The van der Waals surface area contributed by atoms with Gasteiger partial charge in [-0.3, -0.25) is 19.5 Å². The second-order valence-electron chi connectivity index (χ2n) is 10.2. The third-order valence-electron chi connectivity index (χ3n) is 6.40. The Morgan fingerprint density at radius 1 is 1.10 bits per heavy atom. The number of rotatable bonds is 5. The van der Waals surface area contributed by atoms with Gasteiger partial charge in [0.1, 0.15) is 17.2 Å². The lowest BCUT2D eigenvalue weighted by Crippen LogP contribution is -2.50. The summed E-state index contributed by atoms with van der Waals surface area (Å²) in [6, 6.07) is 7.23. The van der Waals surface area contributed by atoms with Crippen molar-refractivity contribution in [3.05, 3.63) is 58.2 Å². The number of ether oxygens (including phenoxy) is 2. The fourth-order valence-corrected chi connectivity index (χ4v) is 5.18. The number of pyridine rings is 1. The van der Waals surface area contributed by atoms with E-state index in [9.17, 15) is 14.4 Å². The minimum absolute atomic E-state index is 0.179. The van der Waals surface area contributed by atoms with Crippen LogP contribution in [0.2, 0.25) is 0 Å². The number of piperazine rings is 1. The molecule has 2 aliphatic rings. The van der Waals surface area contributed by atoms with Crippen molar-refractivity contribution in [3.8, 4) is 5.75 Å². The lowest BCUT2D eigenvalue weighted by Gasteiger charge is -2.37. The van der Waals surface area contributed by atoms with Crippen LogP contribution in [0.4, 0.5) is 22.0 Å². The molecular weight excluding hydrogens is 520 g/mol. The summed E-state index contributed by atoms with van der Waals surface area (Å²) in [5.41, 5.74) is 2.25. The zero-order valence-electron chi connectivity index (χ0n) is 22.3. The number of hydrogen-bond donors (Lipinski definition) is 1. The van der Waals surface area contributed by atoms with Crippen LogP contribution >= 0.6 is 11.3 Å². The van der Waals surface area contributed by atoms with E-state index in [4.69, 9.17) is 9.47 Å². The number of nitrogens with one attached hydrogen (secondary N) is 1. The molecule has 3 aromatic rings. The Balaban J connectivity index is 1.24. The number of nitrogens with zero attached hydrogens (tertiary/aromatic N) is 5. The topological polar surface area (TPSA) is 117 Å². The number of methoxy groups -OCH3 is 1.